The van der Waals surface area contributed by atoms with E-state index in [4.69, 9.17) is 6.57 Å². The van der Waals surface area contributed by atoms with Crippen LogP contribution in [0.5, 0.6) is 0 Å². The molecule has 0 radical (unpaired) electrons. The molecule has 0 heterocycles. The van der Waals surface area contributed by atoms with E-state index in [0.717, 1.165) is 0 Å². The Morgan fingerprint density at radius 2 is 0.972 bits per heavy atom. The van der Waals surface area contributed by atoms with Gasteiger partial charge in [0.15, 0.2) is 5.78 Å². The molecule has 0 unspecified atom stereocenters. The Balaban J connectivity index is 2.02. The Labute approximate surface area is 207 Å². The number of fused-ring (bicyclic) bond motifs is 2. The molecule has 0 saturated carbocycles. The molecule has 5 rings (SSSR count). The highest BCUT2D eigenvalue weighted by molar-refractivity contribution is 6.31. The van der Waals surface area contributed by atoms with Crippen LogP contribution in [0.3, 0.4) is 0 Å². The van der Waals surface area contributed by atoms with Crippen LogP contribution in [0.15, 0.2) is 109 Å². The van der Waals surface area contributed by atoms with Gasteiger partial charge in [-0.3, -0.25) is 4.79 Å². The minimum Gasteiger partial charge on any atom is -0.302 e. The van der Waals surface area contributed by atoms with Crippen LogP contribution in [0.25, 0.3) is 37.7 Å². The Morgan fingerprint density at radius 3 is 1.39 bits per heavy atom. The second-order valence-electron chi connectivity index (χ2n) is 8.18. The normalized spacial score (nSPS) is 10.4. The van der Waals surface area contributed by atoms with E-state index in [1.54, 1.807) is 48.5 Å². The highest BCUT2D eigenvalue weighted by Gasteiger charge is 2.20. The van der Waals surface area contributed by atoms with Crippen molar-refractivity contribution >= 4 is 44.4 Å². The molecule has 5 aromatic rings. The third-order valence-electron chi connectivity index (χ3n) is 6.16. The van der Waals surface area contributed by atoms with Gasteiger partial charge in [-0.1, -0.05) is 109 Å². The van der Waals surface area contributed by atoms with Gasteiger partial charge in [0.1, 0.15) is 11.6 Å². The van der Waals surface area contributed by atoms with E-state index in [9.17, 15) is 14.9 Å². The lowest BCUT2D eigenvalue weighted by Crippen LogP contribution is -2.22. The van der Waals surface area contributed by atoms with Crippen molar-refractivity contribution in [3.8, 4) is 6.07 Å². The highest BCUT2D eigenvalue weighted by atomic mass is 16.1. The Morgan fingerprint density at radius 1 is 0.583 bits per heavy atom. The maximum atomic E-state index is 13.5. The molecule has 0 bridgehead atoms. The molecular formula is C32H18N2O2. The number of hydrogen-bond donors (Lipinski definition) is 0. The molecule has 0 saturated heterocycles. The number of benzene rings is 5. The maximum absolute atomic E-state index is 13.5. The standard InChI is InChI=1S/C32H18N2O2/c1-34-30(32(36)22-14-6-3-7-15-22)29-25-18-10-8-16-23(25)28(24-17-9-11-19-26(24)29)27(20-33)31(35)21-12-4-2-5-13-21/h2-19H. The molecule has 4 nitrogen and oxygen atoms in total. The van der Waals surface area contributed by atoms with Gasteiger partial charge in [-0.15, -0.1) is 0 Å². The summed E-state index contributed by atoms with van der Waals surface area (Å²) in [5.74, 6) is -0.755. The van der Waals surface area contributed by atoms with Crippen molar-refractivity contribution < 1.29 is 9.59 Å². The van der Waals surface area contributed by atoms with E-state index in [2.05, 4.69) is 10.9 Å². The molecule has 0 fully saturated rings. The van der Waals surface area contributed by atoms with E-state index in [1.165, 1.54) is 0 Å². The summed E-state index contributed by atoms with van der Waals surface area (Å²) in [6, 6.07) is 34.1. The third kappa shape index (κ3) is 3.74. The highest BCUT2D eigenvalue weighted by Crippen LogP contribution is 2.20. The van der Waals surface area contributed by atoms with Crippen LogP contribution in [-0.2, 0) is 0 Å². The summed E-state index contributed by atoms with van der Waals surface area (Å²) < 4.78 is 0. The smallest absolute Gasteiger partial charge is 0.242 e. The first kappa shape index (κ1) is 22.5. The quantitative estimate of drug-likeness (QED) is 0.202. The summed E-state index contributed by atoms with van der Waals surface area (Å²) in [6.45, 7) is 7.94. The van der Waals surface area contributed by atoms with Crippen LogP contribution < -0.4 is 10.4 Å². The Bertz CT molecular complexity index is 1670. The van der Waals surface area contributed by atoms with Crippen LogP contribution in [0.1, 0.15) is 20.7 Å². The summed E-state index contributed by atoms with van der Waals surface area (Å²) in [5, 5.41) is 13.7. The van der Waals surface area contributed by atoms with Gasteiger partial charge in [-0.2, -0.15) is 5.26 Å². The van der Waals surface area contributed by atoms with E-state index < -0.39 is 0 Å². The molecule has 36 heavy (non-hydrogen) atoms. The van der Waals surface area contributed by atoms with Crippen LogP contribution in [0.2, 0.25) is 0 Å². The summed E-state index contributed by atoms with van der Waals surface area (Å²) in [7, 11) is 0. The van der Waals surface area contributed by atoms with Gasteiger partial charge < -0.3 is 4.79 Å². The topological polar surface area (TPSA) is 62.3 Å². The number of rotatable bonds is 4. The average molecular weight is 463 g/mol. The van der Waals surface area contributed by atoms with Gasteiger partial charge in [0.2, 0.25) is 11.5 Å². The van der Waals surface area contributed by atoms with Crippen molar-refractivity contribution in [2.45, 2.75) is 0 Å². The molecule has 0 spiro atoms. The van der Waals surface area contributed by atoms with Gasteiger partial charge in [0.25, 0.3) is 0 Å². The molecule has 168 valence electrons. The van der Waals surface area contributed by atoms with Crippen molar-refractivity contribution in [2.24, 2.45) is 0 Å². The van der Waals surface area contributed by atoms with Crippen molar-refractivity contribution in [1.29, 1.82) is 5.26 Å². The predicted molar refractivity (Wildman–Crippen MR) is 141 cm³/mol. The third-order valence-corrected chi connectivity index (χ3v) is 6.16. The lowest BCUT2D eigenvalue weighted by Gasteiger charge is -2.11. The molecule has 0 N–H and O–H groups in total. The maximum Gasteiger partial charge on any atom is 0.242 e. The summed E-state index contributed by atoms with van der Waals surface area (Å²) in [6.07, 6.45) is 0. The number of nitrogens with zero attached hydrogens (tertiary/aromatic N) is 2. The molecule has 0 aliphatic carbocycles. The number of carbonyl (C=O) groups excluding carboxylic acids is 2. The predicted octanol–water partition coefficient (Wildman–Crippen LogP) is 5.46. The molecule has 5 aromatic carbocycles. The first-order chi connectivity index (χ1) is 17.7. The fraction of sp³-hybridized carbons (Fsp3) is 0. The zero-order valence-corrected chi connectivity index (χ0v) is 19.1. The zero-order valence-electron chi connectivity index (χ0n) is 19.1. The lowest BCUT2D eigenvalue weighted by molar-refractivity contribution is 0.104. The van der Waals surface area contributed by atoms with Gasteiger partial charge in [-0.25, -0.2) is 4.85 Å². The monoisotopic (exact) mass is 462 g/mol. The van der Waals surface area contributed by atoms with E-state index in [1.807, 2.05) is 60.7 Å². The molecule has 4 heteroatoms. The zero-order chi connectivity index (χ0) is 25.1. The van der Waals surface area contributed by atoms with Gasteiger partial charge in [-0.05, 0) is 21.5 Å². The van der Waals surface area contributed by atoms with Crippen molar-refractivity contribution in [3.05, 3.63) is 142 Å². The molecule has 0 amide bonds. The van der Waals surface area contributed by atoms with E-state index in [0.29, 0.717) is 43.1 Å². The van der Waals surface area contributed by atoms with Crippen molar-refractivity contribution in [2.75, 3.05) is 0 Å². The number of carbonyl (C=O) groups is 2. The lowest BCUT2D eigenvalue weighted by atomic mass is 9.91. The fourth-order valence-corrected chi connectivity index (χ4v) is 4.55. The van der Waals surface area contributed by atoms with Gasteiger partial charge in [0, 0.05) is 21.6 Å². The Hall–Kier alpha value is -5.32. The van der Waals surface area contributed by atoms with E-state index in [-0.39, 0.29) is 22.8 Å². The number of hydrogen-bond acceptors (Lipinski definition) is 3. The van der Waals surface area contributed by atoms with Crippen LogP contribution in [-0.4, -0.2) is 11.6 Å². The second kappa shape index (κ2) is 9.50. The molecular weight excluding hydrogens is 444 g/mol. The van der Waals surface area contributed by atoms with Crippen molar-refractivity contribution in [1.82, 2.24) is 0 Å². The second-order valence-corrected chi connectivity index (χ2v) is 8.18. The van der Waals surface area contributed by atoms with Crippen LogP contribution in [0, 0.1) is 17.9 Å². The van der Waals surface area contributed by atoms with Crippen LogP contribution in [0.4, 0.5) is 0 Å². The molecule has 0 aliphatic heterocycles. The van der Waals surface area contributed by atoms with E-state index >= 15 is 0 Å². The Kier molecular flexibility index (Phi) is 5.93. The first-order valence-electron chi connectivity index (χ1n) is 11.3. The number of Topliss-reactive ketones (excluding diaryl/α,β-unsaturated/α-hetero) is 2. The summed E-state index contributed by atoms with van der Waals surface area (Å²) in [4.78, 5) is 30.6. The van der Waals surface area contributed by atoms with Gasteiger partial charge >= 0.3 is 0 Å². The van der Waals surface area contributed by atoms with Gasteiger partial charge in [0.05, 0.1) is 6.57 Å². The number of nitriles is 1. The minimum atomic E-state index is -0.379. The fourth-order valence-electron chi connectivity index (χ4n) is 4.55. The molecule has 0 aromatic heterocycles. The summed E-state index contributed by atoms with van der Waals surface area (Å²) in [5.41, 5.74) is 0.843. The molecule has 0 aliphatic rings. The van der Waals surface area contributed by atoms with Crippen LogP contribution >= 0.6 is 0 Å². The average Bonchev–Trinajstić information content (AvgIpc) is 2.95. The largest absolute Gasteiger partial charge is 0.302 e. The number of ketones is 2. The SMILES string of the molecule is [C-]#[N+]C(C(=O)c1ccccc1)=c1c2ccccc2c(=C(C#N)C(=O)c2ccccc2)c2ccccc12. The summed E-state index contributed by atoms with van der Waals surface area (Å²) >= 11 is 0. The minimum absolute atomic E-state index is 0.00644. The first-order valence-corrected chi connectivity index (χ1v) is 11.3. The molecule has 0 atom stereocenters. The van der Waals surface area contributed by atoms with Crippen molar-refractivity contribution in [3.63, 3.8) is 0 Å².